The van der Waals surface area contributed by atoms with Gasteiger partial charge in [-0.2, -0.15) is 0 Å². The first-order valence-electron chi connectivity index (χ1n) is 9.72. The number of carbonyl (C=O) groups is 1. The number of hydrogen-bond acceptors (Lipinski definition) is 3. The third kappa shape index (κ3) is 4.99. The Bertz CT molecular complexity index is 581. The molecule has 1 aromatic rings. The fourth-order valence-corrected chi connectivity index (χ4v) is 4.44. The van der Waals surface area contributed by atoms with Gasteiger partial charge in [-0.3, -0.25) is 4.90 Å². The highest BCUT2D eigenvalue weighted by Gasteiger charge is 2.38. The highest BCUT2D eigenvalue weighted by Crippen LogP contribution is 2.33. The molecule has 5 nitrogen and oxygen atoms in total. The predicted molar refractivity (Wildman–Crippen MR) is 107 cm³/mol. The lowest BCUT2D eigenvalue weighted by Crippen LogP contribution is -2.60. The van der Waals surface area contributed by atoms with Gasteiger partial charge in [0.25, 0.3) is 0 Å². The summed E-state index contributed by atoms with van der Waals surface area (Å²) in [6, 6.07) is 7.96. The van der Waals surface area contributed by atoms with Crippen molar-refractivity contribution in [2.45, 2.75) is 50.6 Å². The van der Waals surface area contributed by atoms with Crippen LogP contribution in [0.1, 0.15) is 50.6 Å². The van der Waals surface area contributed by atoms with E-state index in [1.165, 1.54) is 19.3 Å². The lowest BCUT2D eigenvalue weighted by Gasteiger charge is -2.48. The molecule has 1 atom stereocenters. The number of rotatable bonds is 5. The van der Waals surface area contributed by atoms with E-state index in [0.29, 0.717) is 6.54 Å². The van der Waals surface area contributed by atoms with Crippen LogP contribution in [0.2, 0.25) is 0 Å². The molecular formula is C20H30BrN3O2. The average molecular weight is 424 g/mol. The summed E-state index contributed by atoms with van der Waals surface area (Å²) in [6.45, 7) is 6.27. The zero-order chi connectivity index (χ0) is 18.4. The molecule has 6 heteroatoms. The van der Waals surface area contributed by atoms with Crippen molar-refractivity contribution in [2.75, 3.05) is 32.8 Å². The number of carbonyl (C=O) groups excluding carboxylic acids is 1. The second-order valence-electron chi connectivity index (χ2n) is 7.48. The third-order valence-electron chi connectivity index (χ3n) is 5.76. The van der Waals surface area contributed by atoms with Gasteiger partial charge >= 0.3 is 6.03 Å². The minimum atomic E-state index is -0.0846. The minimum absolute atomic E-state index is 0.0196. The molecule has 1 saturated heterocycles. The van der Waals surface area contributed by atoms with Crippen LogP contribution in [0.25, 0.3) is 0 Å². The Morgan fingerprint density at radius 2 is 1.85 bits per heavy atom. The first-order valence-corrected chi connectivity index (χ1v) is 10.5. The van der Waals surface area contributed by atoms with E-state index in [1.54, 1.807) is 0 Å². The molecule has 1 saturated carbocycles. The fourth-order valence-electron chi connectivity index (χ4n) is 4.18. The zero-order valence-corrected chi connectivity index (χ0v) is 17.2. The first-order chi connectivity index (χ1) is 12.6. The quantitative estimate of drug-likeness (QED) is 0.755. The summed E-state index contributed by atoms with van der Waals surface area (Å²) in [5, 5.41) is 6.23. The number of hydrogen-bond donors (Lipinski definition) is 2. The molecule has 2 N–H and O–H groups in total. The molecule has 144 valence electrons. The van der Waals surface area contributed by atoms with Gasteiger partial charge in [0.05, 0.1) is 19.3 Å². The van der Waals surface area contributed by atoms with Crippen molar-refractivity contribution in [3.8, 4) is 0 Å². The topological polar surface area (TPSA) is 53.6 Å². The SMILES string of the molecule is CC(NC(=O)NCC1(N2CCOCC2)CCCCC1)c1ccc(Br)cc1. The lowest BCUT2D eigenvalue weighted by molar-refractivity contribution is -0.0357. The first kappa shape index (κ1) is 19.6. The van der Waals surface area contributed by atoms with E-state index in [0.717, 1.165) is 49.2 Å². The van der Waals surface area contributed by atoms with Crippen LogP contribution in [0.15, 0.2) is 28.7 Å². The molecule has 2 amide bonds. The highest BCUT2D eigenvalue weighted by molar-refractivity contribution is 9.10. The standard InChI is InChI=1S/C20H30BrN3O2/c1-16(17-5-7-18(21)8-6-17)23-19(25)22-15-20(9-3-2-4-10-20)24-11-13-26-14-12-24/h5-8,16H,2-4,9-15H2,1H3,(H2,22,23,25). The van der Waals surface area contributed by atoms with Crippen molar-refractivity contribution >= 4 is 22.0 Å². The van der Waals surface area contributed by atoms with Crippen molar-refractivity contribution in [3.63, 3.8) is 0 Å². The van der Waals surface area contributed by atoms with E-state index < -0.39 is 0 Å². The average Bonchev–Trinajstić information content (AvgIpc) is 2.68. The number of ether oxygens (including phenoxy) is 1. The van der Waals surface area contributed by atoms with Gasteiger partial charge in [0.15, 0.2) is 0 Å². The maximum absolute atomic E-state index is 12.5. The molecule has 0 bridgehead atoms. The van der Waals surface area contributed by atoms with Crippen LogP contribution in [-0.2, 0) is 4.74 Å². The monoisotopic (exact) mass is 423 g/mol. The van der Waals surface area contributed by atoms with Crippen LogP contribution in [0.3, 0.4) is 0 Å². The van der Waals surface area contributed by atoms with Crippen LogP contribution >= 0.6 is 15.9 Å². The van der Waals surface area contributed by atoms with Crippen molar-refractivity contribution in [1.82, 2.24) is 15.5 Å². The summed E-state index contributed by atoms with van der Waals surface area (Å²) in [5.74, 6) is 0. The summed E-state index contributed by atoms with van der Waals surface area (Å²) in [5.41, 5.74) is 1.20. The normalized spacial score (nSPS) is 21.8. The summed E-state index contributed by atoms with van der Waals surface area (Å²) in [4.78, 5) is 15.0. The van der Waals surface area contributed by atoms with Crippen LogP contribution in [0.4, 0.5) is 4.79 Å². The molecule has 1 aromatic carbocycles. The van der Waals surface area contributed by atoms with Crippen LogP contribution in [0.5, 0.6) is 0 Å². The number of nitrogens with one attached hydrogen (secondary N) is 2. The van der Waals surface area contributed by atoms with Gasteiger partial charge in [-0.25, -0.2) is 4.79 Å². The molecule has 1 aliphatic carbocycles. The van der Waals surface area contributed by atoms with Gasteiger partial charge in [0.2, 0.25) is 0 Å². The number of benzene rings is 1. The van der Waals surface area contributed by atoms with E-state index in [4.69, 9.17) is 4.74 Å². The molecular weight excluding hydrogens is 394 g/mol. The Balaban J connectivity index is 1.56. The summed E-state index contributed by atoms with van der Waals surface area (Å²) < 4.78 is 6.57. The molecule has 2 fully saturated rings. The molecule has 1 heterocycles. The summed E-state index contributed by atoms with van der Waals surface area (Å²) in [6.07, 6.45) is 6.12. The van der Waals surface area contributed by atoms with Gasteiger partial charge in [-0.15, -0.1) is 0 Å². The van der Waals surface area contributed by atoms with Crippen LogP contribution < -0.4 is 10.6 Å². The number of halogens is 1. The Hall–Kier alpha value is -1.11. The van der Waals surface area contributed by atoms with Gasteiger partial charge in [0, 0.05) is 29.6 Å². The Labute approximate surface area is 165 Å². The van der Waals surface area contributed by atoms with E-state index in [9.17, 15) is 4.79 Å². The maximum atomic E-state index is 12.5. The van der Waals surface area contributed by atoms with E-state index in [2.05, 4.69) is 31.5 Å². The molecule has 1 aliphatic heterocycles. The van der Waals surface area contributed by atoms with Gasteiger partial charge in [-0.05, 0) is 37.5 Å². The van der Waals surface area contributed by atoms with Crippen LogP contribution in [-0.4, -0.2) is 49.3 Å². The lowest BCUT2D eigenvalue weighted by atomic mass is 9.80. The Morgan fingerprint density at radius 3 is 2.50 bits per heavy atom. The molecule has 26 heavy (non-hydrogen) atoms. The molecule has 1 unspecified atom stereocenters. The van der Waals surface area contributed by atoms with Crippen LogP contribution in [0, 0.1) is 0 Å². The van der Waals surface area contributed by atoms with Crippen molar-refractivity contribution in [1.29, 1.82) is 0 Å². The largest absolute Gasteiger partial charge is 0.379 e. The summed E-state index contributed by atoms with van der Waals surface area (Å²) in [7, 11) is 0. The number of urea groups is 1. The molecule has 0 spiro atoms. The molecule has 3 rings (SSSR count). The Kier molecular flexibility index (Phi) is 6.95. The number of nitrogens with zero attached hydrogens (tertiary/aromatic N) is 1. The second-order valence-corrected chi connectivity index (χ2v) is 8.40. The number of amides is 2. The smallest absolute Gasteiger partial charge is 0.315 e. The second kappa shape index (κ2) is 9.20. The predicted octanol–water partition coefficient (Wildman–Crippen LogP) is 3.84. The van der Waals surface area contributed by atoms with Crippen molar-refractivity contribution in [2.24, 2.45) is 0 Å². The molecule has 2 aliphatic rings. The fraction of sp³-hybridized carbons (Fsp3) is 0.650. The highest BCUT2D eigenvalue weighted by atomic mass is 79.9. The third-order valence-corrected chi connectivity index (χ3v) is 6.29. The minimum Gasteiger partial charge on any atom is -0.379 e. The van der Waals surface area contributed by atoms with Gasteiger partial charge in [-0.1, -0.05) is 47.3 Å². The summed E-state index contributed by atoms with van der Waals surface area (Å²) >= 11 is 3.44. The van der Waals surface area contributed by atoms with Crippen molar-refractivity contribution < 1.29 is 9.53 Å². The number of morpholine rings is 1. The zero-order valence-electron chi connectivity index (χ0n) is 15.6. The maximum Gasteiger partial charge on any atom is 0.315 e. The van der Waals surface area contributed by atoms with E-state index in [1.807, 2.05) is 31.2 Å². The van der Waals surface area contributed by atoms with Gasteiger partial charge in [0.1, 0.15) is 0 Å². The van der Waals surface area contributed by atoms with E-state index >= 15 is 0 Å². The Morgan fingerprint density at radius 1 is 1.19 bits per heavy atom. The van der Waals surface area contributed by atoms with Crippen molar-refractivity contribution in [3.05, 3.63) is 34.3 Å². The van der Waals surface area contributed by atoms with Gasteiger partial charge < -0.3 is 15.4 Å². The molecule has 0 aromatic heterocycles. The molecule has 0 radical (unpaired) electrons. The van der Waals surface area contributed by atoms with E-state index in [-0.39, 0.29) is 17.6 Å².